The Bertz CT molecular complexity index is 29.4. The van der Waals surface area contributed by atoms with Crippen molar-refractivity contribution in [2.24, 2.45) is 0 Å². The Kier molecular flexibility index (Phi) is 9.13. The van der Waals surface area contributed by atoms with Crippen molar-refractivity contribution in [2.45, 2.75) is 6.10 Å². The van der Waals surface area contributed by atoms with Crippen LogP contribution in [0.15, 0.2) is 0 Å². The van der Waals surface area contributed by atoms with Crippen LogP contribution in [-0.4, -0.2) is 34.2 Å². The first-order valence-electron chi connectivity index (χ1n) is 1.71. The maximum atomic E-state index is 8.34. The summed E-state index contributed by atoms with van der Waals surface area (Å²) in [5, 5.41) is 16.4. The number of hydrogen-bond donors (Lipinski definition) is 3. The van der Waals surface area contributed by atoms with E-state index >= 15 is 0 Å². The summed E-state index contributed by atoms with van der Waals surface area (Å²) < 4.78 is 0. The topological polar surface area (TPSA) is 72.0 Å². The normalized spacial score (nSPS) is 12.4. The van der Waals surface area contributed by atoms with Gasteiger partial charge in [0.05, 0.1) is 12.7 Å². The minimum Gasteiger partial charge on any atom is -0.412 e. The van der Waals surface area contributed by atoms with Gasteiger partial charge in [-0.3, -0.25) is 0 Å². The lowest BCUT2D eigenvalue weighted by atomic mass is 10.4. The average molecular weight is 126 g/mol. The van der Waals surface area contributed by atoms with Gasteiger partial charge in [-0.1, -0.05) is 0 Å². The van der Waals surface area contributed by atoms with Crippen LogP contribution in [-0.2, 0) is 0 Å². The summed E-state index contributed by atoms with van der Waals surface area (Å²) in [4.78, 5) is 0. The zero-order valence-corrected chi connectivity index (χ0v) is 4.73. The van der Waals surface area contributed by atoms with Crippen LogP contribution in [0.3, 0.4) is 0 Å². The van der Waals surface area contributed by atoms with E-state index in [9.17, 15) is 0 Å². The third kappa shape index (κ3) is 6.23. The second-order valence-electron chi connectivity index (χ2n) is 1.02. The second kappa shape index (κ2) is 6.23. The van der Waals surface area contributed by atoms with Crippen LogP contribution in [0, 0.1) is 0 Å². The molecule has 0 aliphatic rings. The highest BCUT2D eigenvalue weighted by molar-refractivity contribution is 7.80. The van der Waals surface area contributed by atoms with Crippen LogP contribution >= 0.6 is 12.6 Å². The van der Waals surface area contributed by atoms with Gasteiger partial charge in [-0.15, -0.1) is 0 Å². The van der Waals surface area contributed by atoms with Crippen LogP contribution < -0.4 is 0 Å². The van der Waals surface area contributed by atoms with Crippen molar-refractivity contribution >= 4 is 12.6 Å². The minimum atomic E-state index is -0.645. The first-order valence-corrected chi connectivity index (χ1v) is 2.34. The van der Waals surface area contributed by atoms with Gasteiger partial charge in [0.2, 0.25) is 0 Å². The van der Waals surface area contributed by atoms with E-state index < -0.39 is 6.10 Å². The minimum absolute atomic E-state index is 0. The molecular weight excluding hydrogens is 116 g/mol. The van der Waals surface area contributed by atoms with Crippen molar-refractivity contribution in [3.63, 3.8) is 0 Å². The van der Waals surface area contributed by atoms with E-state index in [4.69, 9.17) is 10.2 Å². The largest absolute Gasteiger partial charge is 0.412 e. The van der Waals surface area contributed by atoms with Crippen molar-refractivity contribution in [3.05, 3.63) is 0 Å². The second-order valence-corrected chi connectivity index (χ2v) is 1.38. The van der Waals surface area contributed by atoms with Crippen LogP contribution in [0.1, 0.15) is 0 Å². The highest BCUT2D eigenvalue weighted by Crippen LogP contribution is 1.81. The Morgan fingerprint density at radius 2 is 2.00 bits per heavy atom. The van der Waals surface area contributed by atoms with E-state index in [1.165, 1.54) is 0 Å². The lowest BCUT2D eigenvalue weighted by Gasteiger charge is -1.96. The molecule has 0 aromatic heterocycles. The Balaban J connectivity index is 0. The summed E-state index contributed by atoms with van der Waals surface area (Å²) in [5.41, 5.74) is 0. The maximum Gasteiger partial charge on any atom is 0.0858 e. The fourth-order valence-corrected chi connectivity index (χ4v) is 0.173. The number of thiol groups is 1. The van der Waals surface area contributed by atoms with Crippen molar-refractivity contribution in [3.8, 4) is 0 Å². The summed E-state index contributed by atoms with van der Waals surface area (Å²) >= 11 is 3.69. The van der Waals surface area contributed by atoms with Crippen LogP contribution in [0.25, 0.3) is 0 Å². The molecule has 0 aliphatic heterocycles. The molecule has 0 aliphatic carbocycles. The van der Waals surface area contributed by atoms with Gasteiger partial charge in [0, 0.05) is 5.75 Å². The molecule has 3 nitrogen and oxygen atoms in total. The van der Waals surface area contributed by atoms with Gasteiger partial charge < -0.3 is 15.7 Å². The van der Waals surface area contributed by atoms with Crippen molar-refractivity contribution < 1.29 is 15.7 Å². The third-order valence-electron chi connectivity index (χ3n) is 0.421. The molecule has 0 bridgehead atoms. The van der Waals surface area contributed by atoms with E-state index in [0.29, 0.717) is 5.75 Å². The van der Waals surface area contributed by atoms with Gasteiger partial charge in [-0.25, -0.2) is 0 Å². The van der Waals surface area contributed by atoms with Crippen molar-refractivity contribution in [1.29, 1.82) is 0 Å². The molecule has 0 heterocycles. The summed E-state index contributed by atoms with van der Waals surface area (Å²) in [5.74, 6) is 0.330. The van der Waals surface area contributed by atoms with Gasteiger partial charge in [0.1, 0.15) is 0 Å². The Morgan fingerprint density at radius 1 is 1.57 bits per heavy atom. The fraction of sp³-hybridized carbons (Fsp3) is 1.00. The predicted molar refractivity (Wildman–Crippen MR) is 30.6 cm³/mol. The molecule has 4 heteroatoms. The monoisotopic (exact) mass is 126 g/mol. The highest BCUT2D eigenvalue weighted by atomic mass is 32.1. The van der Waals surface area contributed by atoms with Crippen molar-refractivity contribution in [1.82, 2.24) is 0 Å². The number of aliphatic hydroxyl groups is 2. The standard InChI is InChI=1S/C3H8O2S.H2O/c4-1-3(5)2-6;/h3-6H,1-2H2;1H2. The molecule has 7 heavy (non-hydrogen) atoms. The molecule has 0 aromatic rings. The van der Waals surface area contributed by atoms with E-state index in [1.807, 2.05) is 0 Å². The summed E-state index contributed by atoms with van der Waals surface area (Å²) in [7, 11) is 0. The molecule has 0 fully saturated rings. The maximum absolute atomic E-state index is 8.34. The zero-order valence-electron chi connectivity index (χ0n) is 3.83. The molecule has 0 radical (unpaired) electrons. The number of hydrogen-bond acceptors (Lipinski definition) is 3. The zero-order chi connectivity index (χ0) is 4.99. The Morgan fingerprint density at radius 3 is 2.00 bits per heavy atom. The highest BCUT2D eigenvalue weighted by Gasteiger charge is 1.92. The van der Waals surface area contributed by atoms with Gasteiger partial charge >= 0.3 is 0 Å². The van der Waals surface area contributed by atoms with Gasteiger partial charge in [-0.2, -0.15) is 12.6 Å². The van der Waals surface area contributed by atoms with E-state index in [1.54, 1.807) is 0 Å². The predicted octanol–water partition coefficient (Wildman–Crippen LogP) is -1.56. The number of aliphatic hydroxyl groups excluding tert-OH is 2. The van der Waals surface area contributed by atoms with Gasteiger partial charge in [0.15, 0.2) is 0 Å². The molecule has 0 saturated heterocycles. The number of rotatable bonds is 2. The lowest BCUT2D eigenvalue weighted by molar-refractivity contribution is 0.114. The van der Waals surface area contributed by atoms with E-state index in [2.05, 4.69) is 12.6 Å². The first kappa shape index (κ1) is 10.3. The Hall–Kier alpha value is 0.230. The first-order chi connectivity index (χ1) is 2.81. The molecule has 46 valence electrons. The van der Waals surface area contributed by atoms with Crippen LogP contribution in [0.4, 0.5) is 0 Å². The molecule has 0 aromatic carbocycles. The average Bonchev–Trinajstić information content (AvgIpc) is 1.65. The molecule has 0 spiro atoms. The smallest absolute Gasteiger partial charge is 0.0858 e. The molecule has 0 rings (SSSR count). The molecule has 4 N–H and O–H groups in total. The van der Waals surface area contributed by atoms with E-state index in [-0.39, 0.29) is 12.1 Å². The molecule has 0 amide bonds. The summed E-state index contributed by atoms with van der Waals surface area (Å²) in [6, 6.07) is 0. The van der Waals surface area contributed by atoms with Gasteiger partial charge in [0.25, 0.3) is 0 Å². The molecule has 1 atom stereocenters. The summed E-state index contributed by atoms with van der Waals surface area (Å²) in [6.07, 6.45) is -0.645. The summed E-state index contributed by atoms with van der Waals surface area (Å²) in [6.45, 7) is -0.191. The lowest BCUT2D eigenvalue weighted by Crippen LogP contribution is -2.12. The van der Waals surface area contributed by atoms with Crippen molar-refractivity contribution in [2.75, 3.05) is 12.4 Å². The van der Waals surface area contributed by atoms with E-state index in [0.717, 1.165) is 0 Å². The van der Waals surface area contributed by atoms with Crippen LogP contribution in [0.5, 0.6) is 0 Å². The quantitative estimate of drug-likeness (QED) is 0.392. The molecule has 0 saturated carbocycles. The fourth-order valence-electron chi connectivity index (χ4n) is 0.0577. The van der Waals surface area contributed by atoms with Gasteiger partial charge in [-0.05, 0) is 0 Å². The SMILES string of the molecule is O.OCC(O)CS. The Labute approximate surface area is 47.7 Å². The third-order valence-corrected chi connectivity index (χ3v) is 0.843. The molecule has 1 unspecified atom stereocenters. The molecular formula is C3H10O3S. The van der Waals surface area contributed by atoms with Crippen LogP contribution in [0.2, 0.25) is 0 Å².